The molecule has 2 aliphatic heterocycles. The summed E-state index contributed by atoms with van der Waals surface area (Å²) in [5, 5.41) is 7.12. The van der Waals surface area contributed by atoms with Crippen LogP contribution in [-0.4, -0.2) is 71.7 Å². The molecule has 3 aliphatic rings. The molecular weight excluding hydrogens is 558 g/mol. The number of hydrogen-bond acceptors (Lipinski definition) is 5. The normalized spacial score (nSPS) is 19.6. The minimum absolute atomic E-state index is 0.0215. The third-order valence-electron chi connectivity index (χ3n) is 8.87. The van der Waals surface area contributed by atoms with Crippen LogP contribution < -0.4 is 15.5 Å². The quantitative estimate of drug-likeness (QED) is 0.345. The highest BCUT2D eigenvalue weighted by atomic mass is 32.1. The second-order valence-corrected chi connectivity index (χ2v) is 12.0. The number of benzene rings is 3. The van der Waals surface area contributed by atoms with E-state index >= 15 is 0 Å². The molecule has 2 N–H and O–H groups in total. The van der Waals surface area contributed by atoms with Crippen LogP contribution in [0.5, 0.6) is 0 Å². The molecule has 2 saturated heterocycles. The van der Waals surface area contributed by atoms with Crippen LogP contribution in [0.15, 0.2) is 84.9 Å². The van der Waals surface area contributed by atoms with E-state index in [4.69, 9.17) is 17.0 Å². The zero-order valence-corrected chi connectivity index (χ0v) is 25.2. The molecule has 6 rings (SSSR count). The topological polar surface area (TPSA) is 77.2 Å². The molecule has 43 heavy (non-hydrogen) atoms. The predicted octanol–water partition coefficient (Wildman–Crippen LogP) is 4.73. The van der Waals surface area contributed by atoms with Gasteiger partial charge in [-0.25, -0.2) is 0 Å². The SMILES string of the molecule is O=C(CN1C[C@@H](c2ccccc2)NC1=S)N(Cc1ccccc1)C1(C(=O)Nc2ccc(N3CCOCC3)cc2)CCCC1. The number of thiocarbonyl (C=S) groups is 1. The molecule has 2 heterocycles. The second-order valence-electron chi connectivity index (χ2n) is 11.6. The summed E-state index contributed by atoms with van der Waals surface area (Å²) in [6.07, 6.45) is 3.03. The Bertz CT molecular complexity index is 1410. The molecule has 3 aromatic rings. The fourth-order valence-electron chi connectivity index (χ4n) is 6.50. The molecule has 9 heteroatoms. The van der Waals surface area contributed by atoms with Gasteiger partial charge in [0.15, 0.2) is 5.11 Å². The van der Waals surface area contributed by atoms with E-state index in [1.54, 1.807) is 0 Å². The Balaban J connectivity index is 1.22. The van der Waals surface area contributed by atoms with Crippen molar-refractivity contribution >= 4 is 40.5 Å². The first-order chi connectivity index (χ1) is 21.0. The summed E-state index contributed by atoms with van der Waals surface area (Å²) in [4.78, 5) is 34.5. The first-order valence-electron chi connectivity index (χ1n) is 15.2. The lowest BCUT2D eigenvalue weighted by atomic mass is 9.92. The Labute approximate surface area is 259 Å². The molecule has 8 nitrogen and oxygen atoms in total. The molecule has 0 bridgehead atoms. The molecule has 1 saturated carbocycles. The highest BCUT2D eigenvalue weighted by Crippen LogP contribution is 2.38. The van der Waals surface area contributed by atoms with Gasteiger partial charge in [-0.3, -0.25) is 9.59 Å². The first-order valence-corrected chi connectivity index (χ1v) is 15.6. The van der Waals surface area contributed by atoms with Gasteiger partial charge in [0.1, 0.15) is 5.54 Å². The smallest absolute Gasteiger partial charge is 0.250 e. The van der Waals surface area contributed by atoms with Gasteiger partial charge < -0.3 is 30.1 Å². The van der Waals surface area contributed by atoms with Gasteiger partial charge in [0.2, 0.25) is 11.8 Å². The maximum atomic E-state index is 14.3. The lowest BCUT2D eigenvalue weighted by Crippen LogP contribution is -2.59. The number of carbonyl (C=O) groups is 2. The van der Waals surface area contributed by atoms with Crippen LogP contribution in [-0.2, 0) is 20.9 Å². The Morgan fingerprint density at radius 1 is 0.930 bits per heavy atom. The summed E-state index contributed by atoms with van der Waals surface area (Å²) in [6, 6.07) is 28.1. The van der Waals surface area contributed by atoms with Crippen LogP contribution in [0.1, 0.15) is 42.9 Å². The van der Waals surface area contributed by atoms with Crippen molar-refractivity contribution in [1.82, 2.24) is 15.1 Å². The lowest BCUT2D eigenvalue weighted by molar-refractivity contribution is -0.146. The average Bonchev–Trinajstić information content (AvgIpc) is 3.69. The number of amides is 2. The van der Waals surface area contributed by atoms with Gasteiger partial charge in [-0.2, -0.15) is 0 Å². The summed E-state index contributed by atoms with van der Waals surface area (Å²) in [6.45, 7) is 4.22. The summed E-state index contributed by atoms with van der Waals surface area (Å²) >= 11 is 5.67. The number of hydrogen-bond donors (Lipinski definition) is 2. The fraction of sp³-hybridized carbons (Fsp3) is 0.382. The number of morpholine rings is 1. The molecule has 0 spiro atoms. The van der Waals surface area contributed by atoms with Gasteiger partial charge in [-0.05, 0) is 60.5 Å². The molecule has 224 valence electrons. The molecule has 0 radical (unpaired) electrons. The number of rotatable bonds is 9. The van der Waals surface area contributed by atoms with Gasteiger partial charge in [0.05, 0.1) is 25.8 Å². The van der Waals surface area contributed by atoms with Crippen LogP contribution in [0, 0.1) is 0 Å². The van der Waals surface area contributed by atoms with Crippen molar-refractivity contribution < 1.29 is 14.3 Å². The fourth-order valence-corrected chi connectivity index (χ4v) is 6.78. The average molecular weight is 598 g/mol. The molecule has 3 fully saturated rings. The zero-order valence-electron chi connectivity index (χ0n) is 24.4. The standard InChI is InChI=1S/C34H39N5O3S/c40-31(25-38-24-30(36-33(38)43)27-11-5-2-6-12-27)39(23-26-9-3-1-4-10-26)34(17-7-8-18-34)32(41)35-28-13-15-29(16-14-28)37-19-21-42-22-20-37/h1-6,9-16,30H,7-8,17-25H2,(H,35,41)(H,36,43)/t30-/m0/s1. The van der Waals surface area contributed by atoms with Crippen molar-refractivity contribution in [3.8, 4) is 0 Å². The number of nitrogens with zero attached hydrogens (tertiary/aromatic N) is 3. The van der Waals surface area contributed by atoms with E-state index < -0.39 is 5.54 Å². The highest BCUT2D eigenvalue weighted by Gasteiger charge is 2.49. The molecule has 2 amide bonds. The number of carbonyl (C=O) groups excluding carboxylic acids is 2. The minimum atomic E-state index is -0.941. The van der Waals surface area contributed by atoms with E-state index in [2.05, 4.69) is 27.7 Å². The predicted molar refractivity (Wildman–Crippen MR) is 173 cm³/mol. The summed E-state index contributed by atoms with van der Waals surface area (Å²) < 4.78 is 5.48. The van der Waals surface area contributed by atoms with Gasteiger partial charge in [-0.1, -0.05) is 73.5 Å². The minimum Gasteiger partial charge on any atom is -0.378 e. The van der Waals surface area contributed by atoms with Crippen molar-refractivity contribution in [2.45, 2.75) is 43.8 Å². The van der Waals surface area contributed by atoms with E-state index in [-0.39, 0.29) is 24.4 Å². The van der Waals surface area contributed by atoms with Crippen molar-refractivity contribution in [1.29, 1.82) is 0 Å². The van der Waals surface area contributed by atoms with Crippen molar-refractivity contribution in [3.63, 3.8) is 0 Å². The van der Waals surface area contributed by atoms with Gasteiger partial charge >= 0.3 is 0 Å². The van der Waals surface area contributed by atoms with Crippen LogP contribution in [0.2, 0.25) is 0 Å². The number of anilines is 2. The Hall–Kier alpha value is -3.95. The van der Waals surface area contributed by atoms with E-state index in [0.717, 1.165) is 61.6 Å². The maximum Gasteiger partial charge on any atom is 0.250 e. The zero-order chi connectivity index (χ0) is 29.6. The van der Waals surface area contributed by atoms with Crippen molar-refractivity contribution in [2.75, 3.05) is 49.6 Å². The summed E-state index contributed by atoms with van der Waals surface area (Å²) in [5.41, 5.74) is 3.03. The van der Waals surface area contributed by atoms with E-state index in [9.17, 15) is 9.59 Å². The van der Waals surface area contributed by atoms with Crippen LogP contribution >= 0.6 is 12.2 Å². The van der Waals surface area contributed by atoms with Crippen LogP contribution in [0.4, 0.5) is 11.4 Å². The van der Waals surface area contributed by atoms with E-state index in [0.29, 0.717) is 31.0 Å². The largest absolute Gasteiger partial charge is 0.378 e. The number of ether oxygens (including phenoxy) is 1. The summed E-state index contributed by atoms with van der Waals surface area (Å²) in [5.74, 6) is -0.223. The molecule has 1 atom stereocenters. The van der Waals surface area contributed by atoms with Gasteiger partial charge in [0, 0.05) is 37.6 Å². The number of nitrogens with one attached hydrogen (secondary N) is 2. The molecule has 3 aromatic carbocycles. The molecule has 0 aromatic heterocycles. The third-order valence-corrected chi connectivity index (χ3v) is 9.25. The lowest BCUT2D eigenvalue weighted by Gasteiger charge is -2.41. The molecule has 0 unspecified atom stereocenters. The van der Waals surface area contributed by atoms with E-state index in [1.807, 2.05) is 82.6 Å². The van der Waals surface area contributed by atoms with Crippen LogP contribution in [0.25, 0.3) is 0 Å². The first kappa shape index (κ1) is 29.1. The Kier molecular flexibility index (Phi) is 8.90. The Morgan fingerprint density at radius 3 is 2.26 bits per heavy atom. The molecule has 1 aliphatic carbocycles. The van der Waals surface area contributed by atoms with Crippen molar-refractivity contribution in [3.05, 3.63) is 96.1 Å². The van der Waals surface area contributed by atoms with Gasteiger partial charge in [-0.15, -0.1) is 0 Å². The Morgan fingerprint density at radius 2 is 1.58 bits per heavy atom. The van der Waals surface area contributed by atoms with Crippen LogP contribution in [0.3, 0.4) is 0 Å². The molecular formula is C34H39N5O3S. The monoisotopic (exact) mass is 597 g/mol. The van der Waals surface area contributed by atoms with Gasteiger partial charge in [0.25, 0.3) is 0 Å². The highest BCUT2D eigenvalue weighted by molar-refractivity contribution is 7.80. The maximum absolute atomic E-state index is 14.3. The summed E-state index contributed by atoms with van der Waals surface area (Å²) in [7, 11) is 0. The third kappa shape index (κ3) is 6.53. The second kappa shape index (κ2) is 13.1. The van der Waals surface area contributed by atoms with E-state index in [1.165, 1.54) is 0 Å². The van der Waals surface area contributed by atoms with Crippen molar-refractivity contribution in [2.24, 2.45) is 0 Å².